The van der Waals surface area contributed by atoms with Gasteiger partial charge in [-0.2, -0.15) is 0 Å². The topological polar surface area (TPSA) is 55.1 Å². The van der Waals surface area contributed by atoms with Crippen molar-refractivity contribution in [3.63, 3.8) is 0 Å². The van der Waals surface area contributed by atoms with Crippen LogP contribution in [0.5, 0.6) is 0 Å². The van der Waals surface area contributed by atoms with E-state index in [1.165, 1.54) is 32.1 Å². The van der Waals surface area contributed by atoms with Gasteiger partial charge in [0.1, 0.15) is 0 Å². The minimum Gasteiger partial charge on any atom is -0.356 e. The van der Waals surface area contributed by atoms with E-state index in [1.54, 1.807) is 0 Å². The summed E-state index contributed by atoms with van der Waals surface area (Å²) in [6, 6.07) is 0. The predicted octanol–water partition coefficient (Wildman–Crippen LogP) is 2.84. The van der Waals surface area contributed by atoms with Crippen LogP contribution in [-0.4, -0.2) is 19.0 Å². The van der Waals surface area contributed by atoms with Crippen LogP contribution in [0.25, 0.3) is 0 Å². The summed E-state index contributed by atoms with van der Waals surface area (Å²) in [5.74, 6) is 0.107. The largest absolute Gasteiger partial charge is 0.356 e. The number of nitrogens with two attached hydrogens (primary N) is 1. The molecule has 3 nitrogen and oxygen atoms in total. The number of hydrogen-bond donors (Lipinski definition) is 2. The third kappa shape index (κ3) is 6.67. The molecule has 0 heterocycles. The highest BCUT2D eigenvalue weighted by Crippen LogP contribution is 2.18. The lowest BCUT2D eigenvalue weighted by atomic mass is 9.86. The zero-order valence-electron chi connectivity index (χ0n) is 11.8. The lowest BCUT2D eigenvalue weighted by molar-refractivity contribution is -0.129. The monoisotopic (exact) mass is 242 g/mol. The average molecular weight is 242 g/mol. The molecule has 3 heteroatoms. The fraction of sp³-hybridized carbons (Fsp3) is 0.929. The van der Waals surface area contributed by atoms with Crippen molar-refractivity contribution in [3.8, 4) is 0 Å². The Kier molecular flexibility index (Phi) is 9.14. The zero-order valence-corrected chi connectivity index (χ0v) is 11.8. The molecule has 1 amide bonds. The Morgan fingerprint density at radius 3 is 2.24 bits per heavy atom. The number of hydrogen-bond acceptors (Lipinski definition) is 2. The molecule has 0 aromatic rings. The summed E-state index contributed by atoms with van der Waals surface area (Å²) in [7, 11) is 0. The molecule has 3 N–H and O–H groups in total. The van der Waals surface area contributed by atoms with Crippen LogP contribution in [0.3, 0.4) is 0 Å². The summed E-state index contributed by atoms with van der Waals surface area (Å²) in [5.41, 5.74) is 5.26. The fourth-order valence-corrected chi connectivity index (χ4v) is 1.72. The second-order valence-electron chi connectivity index (χ2n) is 5.14. The van der Waals surface area contributed by atoms with Crippen LogP contribution in [0.1, 0.15) is 65.7 Å². The van der Waals surface area contributed by atoms with Crippen LogP contribution in [0.15, 0.2) is 0 Å². The lowest BCUT2D eigenvalue weighted by Crippen LogP contribution is -2.43. The van der Waals surface area contributed by atoms with Gasteiger partial charge in [-0.15, -0.1) is 0 Å². The van der Waals surface area contributed by atoms with Crippen molar-refractivity contribution in [2.24, 2.45) is 11.1 Å². The molecular weight excluding hydrogens is 212 g/mol. The van der Waals surface area contributed by atoms with Crippen LogP contribution in [0, 0.1) is 5.41 Å². The molecule has 0 bridgehead atoms. The second-order valence-corrected chi connectivity index (χ2v) is 5.14. The maximum atomic E-state index is 11.9. The number of amides is 1. The van der Waals surface area contributed by atoms with Gasteiger partial charge in [-0.25, -0.2) is 0 Å². The Hall–Kier alpha value is -0.570. The summed E-state index contributed by atoms with van der Waals surface area (Å²) in [4.78, 5) is 11.9. The molecule has 1 atom stereocenters. The van der Waals surface area contributed by atoms with Gasteiger partial charge in [0.15, 0.2) is 0 Å². The first kappa shape index (κ1) is 16.4. The molecule has 0 rings (SSSR count). The maximum Gasteiger partial charge on any atom is 0.227 e. The molecule has 0 fully saturated rings. The molecule has 17 heavy (non-hydrogen) atoms. The van der Waals surface area contributed by atoms with Crippen LogP contribution in [0.2, 0.25) is 0 Å². The minimum atomic E-state index is -0.387. The minimum absolute atomic E-state index is 0.107. The molecule has 0 aliphatic rings. The summed E-state index contributed by atoms with van der Waals surface area (Å²) in [5, 5.41) is 3.00. The van der Waals surface area contributed by atoms with Gasteiger partial charge in [-0.3, -0.25) is 4.79 Å². The van der Waals surface area contributed by atoms with E-state index in [-0.39, 0.29) is 11.3 Å². The van der Waals surface area contributed by atoms with Crippen molar-refractivity contribution >= 4 is 5.91 Å². The van der Waals surface area contributed by atoms with E-state index in [1.807, 2.05) is 13.8 Å². The molecule has 0 aliphatic heterocycles. The average Bonchev–Trinajstić information content (AvgIpc) is 2.36. The van der Waals surface area contributed by atoms with Gasteiger partial charge in [0.05, 0.1) is 5.41 Å². The number of nitrogens with one attached hydrogen (secondary N) is 1. The molecular formula is C14H30N2O. The molecule has 0 saturated carbocycles. The normalized spacial score (nSPS) is 14.4. The molecule has 1 unspecified atom stereocenters. The molecule has 0 saturated heterocycles. The van der Waals surface area contributed by atoms with Gasteiger partial charge >= 0.3 is 0 Å². The first-order valence-corrected chi connectivity index (χ1v) is 7.09. The standard InChI is InChI=1S/C14H30N2O/c1-4-6-7-8-9-10-11-16-13(17)14(3,5-2)12-15/h4-12,15H2,1-3H3,(H,16,17). The lowest BCUT2D eigenvalue weighted by Gasteiger charge is -2.24. The highest BCUT2D eigenvalue weighted by molar-refractivity contribution is 5.82. The van der Waals surface area contributed by atoms with E-state index < -0.39 is 0 Å². The van der Waals surface area contributed by atoms with Gasteiger partial charge < -0.3 is 11.1 Å². The van der Waals surface area contributed by atoms with E-state index in [0.717, 1.165) is 19.4 Å². The number of rotatable bonds is 10. The van der Waals surface area contributed by atoms with E-state index in [0.29, 0.717) is 6.54 Å². The first-order chi connectivity index (χ1) is 8.10. The van der Waals surface area contributed by atoms with Gasteiger partial charge in [0.2, 0.25) is 5.91 Å². The Morgan fingerprint density at radius 2 is 1.71 bits per heavy atom. The summed E-state index contributed by atoms with van der Waals surface area (Å²) < 4.78 is 0. The Bertz CT molecular complexity index is 200. The molecule has 102 valence electrons. The van der Waals surface area contributed by atoms with Gasteiger partial charge in [0.25, 0.3) is 0 Å². The van der Waals surface area contributed by atoms with Crippen molar-refractivity contribution in [2.75, 3.05) is 13.1 Å². The summed E-state index contributed by atoms with van der Waals surface area (Å²) in [6.45, 7) is 7.38. The Morgan fingerprint density at radius 1 is 1.12 bits per heavy atom. The summed E-state index contributed by atoms with van der Waals surface area (Å²) >= 11 is 0. The molecule has 0 aromatic heterocycles. The zero-order chi connectivity index (χ0) is 13.1. The van der Waals surface area contributed by atoms with E-state index >= 15 is 0 Å². The third-order valence-electron chi connectivity index (χ3n) is 3.59. The highest BCUT2D eigenvalue weighted by atomic mass is 16.2. The van der Waals surface area contributed by atoms with E-state index in [2.05, 4.69) is 12.2 Å². The quantitative estimate of drug-likeness (QED) is 0.579. The third-order valence-corrected chi connectivity index (χ3v) is 3.59. The van der Waals surface area contributed by atoms with Gasteiger partial charge in [-0.1, -0.05) is 46.0 Å². The van der Waals surface area contributed by atoms with E-state index in [4.69, 9.17) is 5.73 Å². The van der Waals surface area contributed by atoms with Crippen molar-refractivity contribution in [3.05, 3.63) is 0 Å². The number of carbonyl (C=O) groups excluding carboxylic acids is 1. The summed E-state index contributed by atoms with van der Waals surface area (Å²) in [6.07, 6.45) is 8.30. The van der Waals surface area contributed by atoms with Crippen LogP contribution in [0.4, 0.5) is 0 Å². The second kappa shape index (κ2) is 9.46. The molecule has 0 radical (unpaired) electrons. The van der Waals surface area contributed by atoms with Crippen LogP contribution >= 0.6 is 0 Å². The van der Waals surface area contributed by atoms with Crippen molar-refractivity contribution in [1.82, 2.24) is 5.32 Å². The van der Waals surface area contributed by atoms with Crippen LogP contribution < -0.4 is 11.1 Å². The molecule has 0 aromatic carbocycles. The molecule has 0 aliphatic carbocycles. The first-order valence-electron chi connectivity index (χ1n) is 7.09. The predicted molar refractivity (Wildman–Crippen MR) is 73.8 cm³/mol. The number of unbranched alkanes of at least 4 members (excludes halogenated alkanes) is 5. The highest BCUT2D eigenvalue weighted by Gasteiger charge is 2.28. The van der Waals surface area contributed by atoms with Crippen LogP contribution in [-0.2, 0) is 4.79 Å². The van der Waals surface area contributed by atoms with E-state index in [9.17, 15) is 4.79 Å². The van der Waals surface area contributed by atoms with Gasteiger partial charge in [-0.05, 0) is 19.8 Å². The SMILES string of the molecule is CCCCCCCCNC(=O)C(C)(CC)CN. The van der Waals surface area contributed by atoms with Crippen molar-refractivity contribution < 1.29 is 4.79 Å². The maximum absolute atomic E-state index is 11.9. The molecule has 0 spiro atoms. The van der Waals surface area contributed by atoms with Gasteiger partial charge in [0, 0.05) is 13.1 Å². The smallest absolute Gasteiger partial charge is 0.227 e. The van der Waals surface area contributed by atoms with Crippen molar-refractivity contribution in [2.45, 2.75) is 65.7 Å². The Labute approximate surface area is 107 Å². The Balaban J connectivity index is 3.57. The number of carbonyl (C=O) groups is 1. The van der Waals surface area contributed by atoms with Crippen molar-refractivity contribution in [1.29, 1.82) is 0 Å². The fourth-order valence-electron chi connectivity index (χ4n) is 1.72.